The molecule has 1 N–H and O–H groups in total. The molecule has 32 heavy (non-hydrogen) atoms. The SMILES string of the molecule is COC(=O)c1ccc(NC(=O)Cn2c(=O)n(-c3ccc(Cl)cc3)c(=O)c3sccc32)cc1. The highest BCUT2D eigenvalue weighted by Gasteiger charge is 2.18. The fourth-order valence-electron chi connectivity index (χ4n) is 3.21. The van der Waals surface area contributed by atoms with Crippen molar-refractivity contribution >= 4 is 50.7 Å². The average molecular weight is 470 g/mol. The van der Waals surface area contributed by atoms with Crippen LogP contribution in [-0.4, -0.2) is 28.1 Å². The highest BCUT2D eigenvalue weighted by atomic mass is 35.5. The molecule has 2 aromatic carbocycles. The third kappa shape index (κ3) is 4.08. The zero-order valence-electron chi connectivity index (χ0n) is 16.7. The van der Waals surface area contributed by atoms with E-state index < -0.39 is 23.1 Å². The zero-order chi connectivity index (χ0) is 22.8. The number of amides is 1. The first-order valence-electron chi connectivity index (χ1n) is 9.36. The van der Waals surface area contributed by atoms with Crippen molar-refractivity contribution in [3.8, 4) is 5.69 Å². The fraction of sp³-hybridized carbons (Fsp3) is 0.0909. The summed E-state index contributed by atoms with van der Waals surface area (Å²) in [4.78, 5) is 50.3. The summed E-state index contributed by atoms with van der Waals surface area (Å²) in [5, 5.41) is 4.85. The number of fused-ring (bicyclic) bond motifs is 1. The number of methoxy groups -OCH3 is 1. The Bertz CT molecular complexity index is 1440. The van der Waals surface area contributed by atoms with Crippen LogP contribution in [-0.2, 0) is 16.1 Å². The molecule has 0 atom stereocenters. The van der Waals surface area contributed by atoms with Gasteiger partial charge in [0.05, 0.1) is 23.9 Å². The number of carbonyl (C=O) groups excluding carboxylic acids is 2. The van der Waals surface area contributed by atoms with Gasteiger partial charge >= 0.3 is 11.7 Å². The normalized spacial score (nSPS) is 10.8. The van der Waals surface area contributed by atoms with Crippen LogP contribution < -0.4 is 16.6 Å². The third-order valence-corrected chi connectivity index (χ3v) is 5.87. The number of rotatable bonds is 5. The molecule has 0 unspecified atom stereocenters. The molecule has 162 valence electrons. The summed E-state index contributed by atoms with van der Waals surface area (Å²) in [6.07, 6.45) is 0. The van der Waals surface area contributed by atoms with Crippen molar-refractivity contribution in [2.75, 3.05) is 12.4 Å². The van der Waals surface area contributed by atoms with E-state index in [2.05, 4.69) is 10.1 Å². The van der Waals surface area contributed by atoms with Gasteiger partial charge in [-0.15, -0.1) is 11.3 Å². The maximum atomic E-state index is 13.2. The van der Waals surface area contributed by atoms with Gasteiger partial charge in [-0.1, -0.05) is 11.6 Å². The highest BCUT2D eigenvalue weighted by molar-refractivity contribution is 7.17. The number of esters is 1. The Kier molecular flexibility index (Phi) is 5.93. The molecule has 4 aromatic rings. The molecule has 10 heteroatoms. The topological polar surface area (TPSA) is 99.4 Å². The number of carbonyl (C=O) groups is 2. The van der Waals surface area contributed by atoms with Crippen molar-refractivity contribution in [3.63, 3.8) is 0 Å². The largest absolute Gasteiger partial charge is 0.465 e. The number of nitrogens with one attached hydrogen (secondary N) is 1. The lowest BCUT2D eigenvalue weighted by Crippen LogP contribution is -2.40. The standard InChI is InChI=1S/C22H16ClN3O5S/c1-31-21(29)13-2-6-15(7-3-13)24-18(27)12-25-17-10-11-32-19(17)20(28)26(22(25)30)16-8-4-14(23)5-9-16/h2-11H,12H2,1H3,(H,24,27). The minimum atomic E-state index is -0.639. The number of hydrogen-bond acceptors (Lipinski definition) is 6. The summed E-state index contributed by atoms with van der Waals surface area (Å²) in [5.74, 6) is -0.953. The van der Waals surface area contributed by atoms with E-state index in [1.165, 1.54) is 35.1 Å². The van der Waals surface area contributed by atoms with Gasteiger partial charge in [-0.3, -0.25) is 14.2 Å². The number of ether oxygens (including phenoxy) is 1. The first-order chi connectivity index (χ1) is 15.4. The maximum Gasteiger partial charge on any atom is 0.337 e. The first kappa shape index (κ1) is 21.5. The van der Waals surface area contributed by atoms with E-state index >= 15 is 0 Å². The lowest BCUT2D eigenvalue weighted by atomic mass is 10.2. The van der Waals surface area contributed by atoms with Gasteiger partial charge in [0.15, 0.2) is 0 Å². The van der Waals surface area contributed by atoms with Crippen LogP contribution in [0.3, 0.4) is 0 Å². The van der Waals surface area contributed by atoms with Crippen LogP contribution in [0.15, 0.2) is 69.6 Å². The van der Waals surface area contributed by atoms with Crippen LogP contribution >= 0.6 is 22.9 Å². The number of hydrogen-bond donors (Lipinski definition) is 1. The summed E-state index contributed by atoms with van der Waals surface area (Å²) in [6, 6.07) is 14.1. The second-order valence-electron chi connectivity index (χ2n) is 6.74. The van der Waals surface area contributed by atoms with Crippen molar-refractivity contribution < 1.29 is 14.3 Å². The predicted molar refractivity (Wildman–Crippen MR) is 123 cm³/mol. The predicted octanol–water partition coefficient (Wildman–Crippen LogP) is 3.29. The molecule has 2 heterocycles. The molecule has 2 aromatic heterocycles. The van der Waals surface area contributed by atoms with Gasteiger partial charge in [0, 0.05) is 10.7 Å². The minimum Gasteiger partial charge on any atom is -0.465 e. The Hall–Kier alpha value is -3.69. The summed E-state index contributed by atoms with van der Waals surface area (Å²) < 4.78 is 7.28. The smallest absolute Gasteiger partial charge is 0.337 e. The lowest BCUT2D eigenvalue weighted by molar-refractivity contribution is -0.116. The Balaban J connectivity index is 1.68. The van der Waals surface area contributed by atoms with E-state index in [-0.39, 0.29) is 6.54 Å². The van der Waals surface area contributed by atoms with Gasteiger partial charge < -0.3 is 10.1 Å². The molecule has 4 rings (SSSR count). The molecule has 0 saturated carbocycles. The second kappa shape index (κ2) is 8.81. The molecular formula is C22H16ClN3O5S. The molecule has 0 aliphatic rings. The second-order valence-corrected chi connectivity index (χ2v) is 8.09. The molecule has 0 aliphatic carbocycles. The molecule has 0 aliphatic heterocycles. The van der Waals surface area contributed by atoms with Crippen LogP contribution in [0, 0.1) is 0 Å². The van der Waals surface area contributed by atoms with E-state index in [0.29, 0.717) is 32.2 Å². The van der Waals surface area contributed by atoms with Crippen molar-refractivity contribution in [2.24, 2.45) is 0 Å². The minimum absolute atomic E-state index is 0.307. The van der Waals surface area contributed by atoms with E-state index in [1.807, 2.05) is 0 Å². The van der Waals surface area contributed by atoms with Gasteiger partial charge in [-0.05, 0) is 60.0 Å². The van der Waals surface area contributed by atoms with Gasteiger partial charge in [0.2, 0.25) is 5.91 Å². The molecule has 1 amide bonds. The Morgan fingerprint density at radius 2 is 1.72 bits per heavy atom. The van der Waals surface area contributed by atoms with Crippen LogP contribution in [0.2, 0.25) is 5.02 Å². The zero-order valence-corrected chi connectivity index (χ0v) is 18.3. The molecule has 0 saturated heterocycles. The van der Waals surface area contributed by atoms with Gasteiger partial charge in [-0.2, -0.15) is 0 Å². The molecule has 8 nitrogen and oxygen atoms in total. The van der Waals surface area contributed by atoms with Gasteiger partial charge in [0.25, 0.3) is 5.56 Å². The molecule has 0 fully saturated rings. The molecule has 0 radical (unpaired) electrons. The fourth-order valence-corrected chi connectivity index (χ4v) is 4.16. The molecule has 0 bridgehead atoms. The van der Waals surface area contributed by atoms with Crippen molar-refractivity contribution in [1.29, 1.82) is 0 Å². The number of anilines is 1. The molecular weight excluding hydrogens is 454 g/mol. The lowest BCUT2D eigenvalue weighted by Gasteiger charge is -2.12. The van der Waals surface area contributed by atoms with Crippen LogP contribution in [0.25, 0.3) is 15.9 Å². The summed E-state index contributed by atoms with van der Waals surface area (Å²) in [6.45, 7) is -0.307. The summed E-state index contributed by atoms with van der Waals surface area (Å²) in [5.41, 5.74) is 0.426. The van der Waals surface area contributed by atoms with Gasteiger partial charge in [-0.25, -0.2) is 14.2 Å². The highest BCUT2D eigenvalue weighted by Crippen LogP contribution is 2.18. The molecule has 0 spiro atoms. The summed E-state index contributed by atoms with van der Waals surface area (Å²) in [7, 11) is 1.28. The third-order valence-electron chi connectivity index (χ3n) is 4.73. The number of halogens is 1. The Morgan fingerprint density at radius 3 is 2.38 bits per heavy atom. The monoisotopic (exact) mass is 469 g/mol. The number of aromatic nitrogens is 2. The Morgan fingerprint density at radius 1 is 1.03 bits per heavy atom. The van der Waals surface area contributed by atoms with E-state index in [0.717, 1.165) is 4.57 Å². The van der Waals surface area contributed by atoms with Crippen molar-refractivity contribution in [3.05, 3.63) is 91.4 Å². The quantitative estimate of drug-likeness (QED) is 0.452. The van der Waals surface area contributed by atoms with Crippen LogP contribution in [0.1, 0.15) is 10.4 Å². The van der Waals surface area contributed by atoms with Crippen LogP contribution in [0.5, 0.6) is 0 Å². The number of nitrogens with zero attached hydrogens (tertiary/aromatic N) is 2. The van der Waals surface area contributed by atoms with E-state index in [1.54, 1.807) is 47.8 Å². The Labute approximate surface area is 190 Å². The van der Waals surface area contributed by atoms with Crippen LogP contribution in [0.4, 0.5) is 5.69 Å². The number of benzene rings is 2. The van der Waals surface area contributed by atoms with E-state index in [9.17, 15) is 19.2 Å². The van der Waals surface area contributed by atoms with Crippen molar-refractivity contribution in [1.82, 2.24) is 9.13 Å². The first-order valence-corrected chi connectivity index (χ1v) is 10.6. The average Bonchev–Trinajstić information content (AvgIpc) is 3.28. The summed E-state index contributed by atoms with van der Waals surface area (Å²) >= 11 is 7.11. The van der Waals surface area contributed by atoms with Gasteiger partial charge in [0.1, 0.15) is 11.2 Å². The maximum absolute atomic E-state index is 13.2. The van der Waals surface area contributed by atoms with Crippen molar-refractivity contribution in [2.45, 2.75) is 6.54 Å². The van der Waals surface area contributed by atoms with E-state index in [4.69, 9.17) is 11.6 Å². The number of thiophene rings is 1.